The fourth-order valence-corrected chi connectivity index (χ4v) is 3.42. The summed E-state index contributed by atoms with van der Waals surface area (Å²) in [5.74, 6) is -0.651. The third kappa shape index (κ3) is 4.13. The van der Waals surface area contributed by atoms with Crippen molar-refractivity contribution in [3.05, 3.63) is 53.6 Å². The molecule has 0 saturated heterocycles. The minimum atomic E-state index is -3.05. The summed E-state index contributed by atoms with van der Waals surface area (Å²) in [4.78, 5) is 14.7. The molecule has 2 aromatic rings. The highest BCUT2D eigenvalue weighted by Gasteiger charge is 2.25. The number of methoxy groups -OCH3 is 1. The first-order valence-electron chi connectivity index (χ1n) is 8.75. The molecule has 7 heteroatoms. The van der Waals surface area contributed by atoms with Crippen molar-refractivity contribution < 1.29 is 23.0 Å². The first-order valence-corrected chi connectivity index (χ1v) is 8.75. The minimum absolute atomic E-state index is 0.0181. The maximum Gasteiger partial charge on any atom is 0.387 e. The molecule has 3 rings (SSSR count). The van der Waals surface area contributed by atoms with Crippen LogP contribution in [0.25, 0.3) is 0 Å². The second kappa shape index (κ2) is 8.24. The summed E-state index contributed by atoms with van der Waals surface area (Å²) in [7, 11) is 1.33. The van der Waals surface area contributed by atoms with Gasteiger partial charge in [-0.25, -0.2) is 0 Å². The zero-order valence-electron chi connectivity index (χ0n) is 15.2. The lowest BCUT2D eigenvalue weighted by Gasteiger charge is -2.25. The number of carbonyl (C=O) groups excluding carboxylic acids is 1. The Morgan fingerprint density at radius 3 is 2.78 bits per heavy atom. The number of amides is 1. The zero-order chi connectivity index (χ0) is 19.4. The Morgan fingerprint density at radius 2 is 2.04 bits per heavy atom. The summed E-state index contributed by atoms with van der Waals surface area (Å²) in [5.41, 5.74) is 2.48. The average Bonchev–Trinajstić information content (AvgIpc) is 2.97. The average molecular weight is 376 g/mol. The predicted octanol–water partition coefficient (Wildman–Crippen LogP) is 3.48. The number of hydrogen-bond donors (Lipinski definition) is 1. The van der Waals surface area contributed by atoms with Crippen molar-refractivity contribution in [1.29, 1.82) is 0 Å². The number of benzene rings is 2. The van der Waals surface area contributed by atoms with Crippen LogP contribution < -0.4 is 19.7 Å². The second-order valence-corrected chi connectivity index (χ2v) is 6.35. The number of fused-ring (bicyclic) bond motifs is 1. The fraction of sp³-hybridized carbons (Fsp3) is 0.350. The normalized spacial score (nSPS) is 15.6. The van der Waals surface area contributed by atoms with Gasteiger partial charge in [-0.05, 0) is 37.1 Å². The van der Waals surface area contributed by atoms with Crippen LogP contribution >= 0.6 is 0 Å². The van der Waals surface area contributed by atoms with Gasteiger partial charge in [0.1, 0.15) is 0 Å². The van der Waals surface area contributed by atoms with Gasteiger partial charge in [-0.15, -0.1) is 0 Å². The van der Waals surface area contributed by atoms with Crippen molar-refractivity contribution in [1.82, 2.24) is 5.32 Å². The van der Waals surface area contributed by atoms with Crippen molar-refractivity contribution in [3.8, 4) is 11.5 Å². The second-order valence-electron chi connectivity index (χ2n) is 6.35. The Kier molecular flexibility index (Phi) is 5.78. The van der Waals surface area contributed by atoms with Crippen molar-refractivity contribution in [2.45, 2.75) is 26.0 Å². The number of ether oxygens (including phenoxy) is 2. The number of alkyl halides is 2. The van der Waals surface area contributed by atoms with Gasteiger partial charge in [-0.1, -0.05) is 24.3 Å². The number of anilines is 1. The molecule has 1 heterocycles. The monoisotopic (exact) mass is 376 g/mol. The van der Waals surface area contributed by atoms with Gasteiger partial charge >= 0.3 is 6.61 Å². The van der Waals surface area contributed by atoms with Crippen molar-refractivity contribution >= 4 is 11.6 Å². The quantitative estimate of drug-likeness (QED) is 0.804. The molecule has 1 unspecified atom stereocenters. The number of nitrogens with one attached hydrogen (secondary N) is 1. The van der Waals surface area contributed by atoms with E-state index in [0.29, 0.717) is 19.1 Å². The first kappa shape index (κ1) is 18.9. The molecule has 0 aliphatic carbocycles. The van der Waals surface area contributed by atoms with Crippen LogP contribution in [0.2, 0.25) is 0 Å². The summed E-state index contributed by atoms with van der Waals surface area (Å²) in [6.45, 7) is 0.0926. The summed E-state index contributed by atoms with van der Waals surface area (Å²) in [6.07, 6.45) is 0.965. The van der Waals surface area contributed by atoms with E-state index in [-0.39, 0.29) is 17.1 Å². The Balaban J connectivity index is 1.67. The molecule has 1 amide bonds. The molecule has 1 aliphatic rings. The van der Waals surface area contributed by atoms with Gasteiger partial charge < -0.3 is 19.7 Å². The van der Waals surface area contributed by atoms with Crippen LogP contribution in [-0.2, 0) is 6.42 Å². The molecule has 5 nitrogen and oxygen atoms in total. The van der Waals surface area contributed by atoms with E-state index in [0.717, 1.165) is 6.42 Å². The van der Waals surface area contributed by atoms with E-state index in [2.05, 4.69) is 34.0 Å². The molecule has 0 fully saturated rings. The van der Waals surface area contributed by atoms with Crippen LogP contribution in [0.4, 0.5) is 14.5 Å². The lowest BCUT2D eigenvalue weighted by molar-refractivity contribution is -0.0515. The van der Waals surface area contributed by atoms with E-state index < -0.39 is 12.5 Å². The van der Waals surface area contributed by atoms with Gasteiger partial charge in [0, 0.05) is 24.8 Å². The summed E-state index contributed by atoms with van der Waals surface area (Å²) in [6, 6.07) is 13.0. The van der Waals surface area contributed by atoms with Crippen LogP contribution in [0.1, 0.15) is 22.8 Å². The first-order chi connectivity index (χ1) is 13.0. The SMILES string of the molecule is COc1cccc(C(=O)NCCN2c3ccccc3CC2C)c1OC(F)F. The van der Waals surface area contributed by atoms with Gasteiger partial charge in [0.05, 0.1) is 12.7 Å². The highest BCUT2D eigenvalue weighted by atomic mass is 19.3. The standard InChI is InChI=1S/C20H22F2N2O3/c1-13-12-14-6-3-4-8-16(14)24(13)11-10-23-19(25)15-7-5-9-17(26-2)18(15)27-20(21)22/h3-9,13,20H,10-12H2,1-2H3,(H,23,25). The molecular formula is C20H22F2N2O3. The fourth-order valence-electron chi connectivity index (χ4n) is 3.42. The third-order valence-electron chi connectivity index (χ3n) is 4.64. The molecule has 0 aromatic heterocycles. The largest absolute Gasteiger partial charge is 0.493 e. The molecule has 1 N–H and O–H groups in total. The molecule has 0 radical (unpaired) electrons. The highest BCUT2D eigenvalue weighted by molar-refractivity contribution is 5.97. The van der Waals surface area contributed by atoms with E-state index >= 15 is 0 Å². The van der Waals surface area contributed by atoms with Gasteiger partial charge in [-0.2, -0.15) is 8.78 Å². The van der Waals surface area contributed by atoms with Crippen molar-refractivity contribution in [3.63, 3.8) is 0 Å². The van der Waals surface area contributed by atoms with Gasteiger partial charge in [0.2, 0.25) is 0 Å². The summed E-state index contributed by atoms with van der Waals surface area (Å²) >= 11 is 0. The van der Waals surface area contributed by atoms with Crippen molar-refractivity contribution in [2.75, 3.05) is 25.1 Å². The summed E-state index contributed by atoms with van der Waals surface area (Å²) < 4.78 is 34.9. The molecular weight excluding hydrogens is 354 g/mol. The van der Waals surface area contributed by atoms with Gasteiger partial charge in [0.15, 0.2) is 11.5 Å². The van der Waals surface area contributed by atoms with Crippen LogP contribution in [0, 0.1) is 0 Å². The zero-order valence-corrected chi connectivity index (χ0v) is 15.2. The number of rotatable bonds is 7. The highest BCUT2D eigenvalue weighted by Crippen LogP contribution is 2.33. The molecule has 0 saturated carbocycles. The Labute approximate surface area is 156 Å². The third-order valence-corrected chi connectivity index (χ3v) is 4.64. The van der Waals surface area contributed by atoms with Gasteiger partial charge in [0.25, 0.3) is 5.91 Å². The Hall–Kier alpha value is -2.83. The molecule has 1 aliphatic heterocycles. The topological polar surface area (TPSA) is 50.8 Å². The number of hydrogen-bond acceptors (Lipinski definition) is 4. The van der Waals surface area contributed by atoms with Crippen LogP contribution in [0.3, 0.4) is 0 Å². The Morgan fingerprint density at radius 1 is 1.26 bits per heavy atom. The lowest BCUT2D eigenvalue weighted by Crippen LogP contribution is -2.38. The number of para-hydroxylation sites is 2. The summed E-state index contributed by atoms with van der Waals surface area (Å²) in [5, 5.41) is 2.78. The lowest BCUT2D eigenvalue weighted by atomic mass is 10.1. The molecule has 0 spiro atoms. The Bertz CT molecular complexity index is 814. The predicted molar refractivity (Wildman–Crippen MR) is 98.9 cm³/mol. The molecule has 1 atom stereocenters. The van der Waals surface area contributed by atoms with E-state index in [1.165, 1.54) is 30.5 Å². The number of carbonyl (C=O) groups is 1. The number of nitrogens with zero attached hydrogens (tertiary/aromatic N) is 1. The minimum Gasteiger partial charge on any atom is -0.493 e. The van der Waals surface area contributed by atoms with Crippen LogP contribution in [0.5, 0.6) is 11.5 Å². The molecule has 144 valence electrons. The molecule has 0 bridgehead atoms. The van der Waals surface area contributed by atoms with E-state index in [1.807, 2.05) is 12.1 Å². The van der Waals surface area contributed by atoms with Gasteiger partial charge in [-0.3, -0.25) is 4.79 Å². The maximum atomic E-state index is 12.7. The molecule has 27 heavy (non-hydrogen) atoms. The van der Waals surface area contributed by atoms with E-state index in [1.54, 1.807) is 6.07 Å². The van der Waals surface area contributed by atoms with Crippen LogP contribution in [0.15, 0.2) is 42.5 Å². The maximum absolute atomic E-state index is 12.7. The van der Waals surface area contributed by atoms with Crippen LogP contribution in [-0.4, -0.2) is 38.8 Å². The van der Waals surface area contributed by atoms with Crippen molar-refractivity contribution in [2.24, 2.45) is 0 Å². The van der Waals surface area contributed by atoms with E-state index in [9.17, 15) is 13.6 Å². The smallest absolute Gasteiger partial charge is 0.387 e. The molecule has 2 aromatic carbocycles. The number of halogens is 2. The van der Waals surface area contributed by atoms with E-state index in [4.69, 9.17) is 4.74 Å².